The van der Waals surface area contributed by atoms with Gasteiger partial charge >= 0.3 is 6.36 Å². The number of halogens is 3. The molecule has 0 aliphatic carbocycles. The van der Waals surface area contributed by atoms with Gasteiger partial charge in [0.25, 0.3) is 0 Å². The van der Waals surface area contributed by atoms with E-state index in [0.717, 1.165) is 12.1 Å². The minimum atomic E-state index is -4.75. The van der Waals surface area contributed by atoms with E-state index < -0.39 is 12.3 Å². The maximum Gasteiger partial charge on any atom is 0.573 e. The second-order valence-corrected chi connectivity index (χ2v) is 3.21. The first-order chi connectivity index (χ1) is 7.94. The van der Waals surface area contributed by atoms with Gasteiger partial charge in [-0.25, -0.2) is 0 Å². The fourth-order valence-corrected chi connectivity index (χ4v) is 1.23. The third-order valence-corrected chi connectivity index (χ3v) is 1.88. The van der Waals surface area contributed by atoms with E-state index in [-0.39, 0.29) is 12.2 Å². The number of hydrogen-bond acceptors (Lipinski definition) is 3. The Morgan fingerprint density at radius 2 is 1.88 bits per heavy atom. The molecule has 0 aromatic heterocycles. The predicted molar refractivity (Wildman–Crippen MR) is 51.5 cm³/mol. The van der Waals surface area contributed by atoms with Crippen LogP contribution in [0.25, 0.3) is 0 Å². The number of ether oxygens (including phenoxy) is 1. The number of rotatable bonds is 3. The average molecular weight is 240 g/mol. The average Bonchev–Trinajstić information content (AvgIpc) is 2.24. The van der Waals surface area contributed by atoms with Gasteiger partial charge in [-0.3, -0.25) is 0 Å². The lowest BCUT2D eigenvalue weighted by Gasteiger charge is -2.09. The van der Waals surface area contributed by atoms with Crippen LogP contribution < -0.4 is 4.74 Å². The first-order valence-electron chi connectivity index (χ1n) is 4.58. The van der Waals surface area contributed by atoms with Crippen LogP contribution >= 0.6 is 0 Å². The first kappa shape index (κ1) is 12.9. The van der Waals surface area contributed by atoms with Crippen LogP contribution in [-0.2, 0) is 6.42 Å². The summed E-state index contributed by atoms with van der Waals surface area (Å²) in [4.78, 5) is 0. The van der Waals surface area contributed by atoms with Crippen LogP contribution in [0.5, 0.6) is 5.75 Å². The van der Waals surface area contributed by atoms with Crippen LogP contribution in [0, 0.1) is 28.6 Å². The van der Waals surface area contributed by atoms with Crippen molar-refractivity contribution < 1.29 is 17.9 Å². The number of alkyl halides is 3. The number of benzene rings is 1. The molecule has 3 nitrogen and oxygen atoms in total. The molecule has 0 N–H and O–H groups in total. The molecule has 0 atom stereocenters. The molecular formula is C11H7F3N2O. The molecule has 0 radical (unpaired) electrons. The molecule has 0 heterocycles. The predicted octanol–water partition coefficient (Wildman–Crippen LogP) is 2.79. The lowest BCUT2D eigenvalue weighted by Crippen LogP contribution is -2.17. The van der Waals surface area contributed by atoms with Crippen molar-refractivity contribution in [2.75, 3.05) is 0 Å². The van der Waals surface area contributed by atoms with Gasteiger partial charge in [-0.15, -0.1) is 13.2 Å². The second-order valence-electron chi connectivity index (χ2n) is 3.21. The standard InChI is InChI=1S/C11H7F3N2O/c12-11(13,14)17-10-3-1-2-8(5-10)4-9(6-15)7-16/h1-3,5,9H,4H2. The van der Waals surface area contributed by atoms with Crippen molar-refractivity contribution in [1.82, 2.24) is 0 Å². The molecule has 0 aliphatic rings. The first-order valence-corrected chi connectivity index (χ1v) is 4.58. The highest BCUT2D eigenvalue weighted by molar-refractivity contribution is 5.30. The van der Waals surface area contributed by atoms with E-state index in [4.69, 9.17) is 10.5 Å². The highest BCUT2D eigenvalue weighted by atomic mass is 19.4. The highest BCUT2D eigenvalue weighted by Crippen LogP contribution is 2.24. The molecule has 0 spiro atoms. The lowest BCUT2D eigenvalue weighted by molar-refractivity contribution is -0.274. The Morgan fingerprint density at radius 3 is 2.41 bits per heavy atom. The molecular weight excluding hydrogens is 233 g/mol. The Balaban J connectivity index is 2.81. The zero-order chi connectivity index (χ0) is 12.9. The third-order valence-electron chi connectivity index (χ3n) is 1.88. The van der Waals surface area contributed by atoms with Crippen molar-refractivity contribution >= 4 is 0 Å². The second kappa shape index (κ2) is 5.22. The lowest BCUT2D eigenvalue weighted by atomic mass is 10.0. The summed E-state index contributed by atoms with van der Waals surface area (Å²) < 4.78 is 39.5. The summed E-state index contributed by atoms with van der Waals surface area (Å²) in [6.45, 7) is 0. The summed E-state index contributed by atoms with van der Waals surface area (Å²) in [5, 5.41) is 17.1. The van der Waals surface area contributed by atoms with E-state index in [1.54, 1.807) is 12.1 Å². The maximum atomic E-state index is 11.9. The molecule has 88 valence electrons. The van der Waals surface area contributed by atoms with E-state index in [1.807, 2.05) is 0 Å². The number of hydrogen-bond donors (Lipinski definition) is 0. The Hall–Kier alpha value is -2.21. The van der Waals surface area contributed by atoms with Gasteiger partial charge in [0.15, 0.2) is 0 Å². The van der Waals surface area contributed by atoms with E-state index >= 15 is 0 Å². The Kier molecular flexibility index (Phi) is 3.95. The molecule has 0 bridgehead atoms. The molecule has 0 saturated carbocycles. The molecule has 0 saturated heterocycles. The van der Waals surface area contributed by atoms with E-state index in [2.05, 4.69) is 4.74 Å². The fraction of sp³-hybridized carbons (Fsp3) is 0.273. The van der Waals surface area contributed by atoms with Gasteiger partial charge in [0.05, 0.1) is 12.1 Å². The molecule has 17 heavy (non-hydrogen) atoms. The van der Waals surface area contributed by atoms with Crippen molar-refractivity contribution in [3.8, 4) is 17.9 Å². The van der Waals surface area contributed by atoms with Gasteiger partial charge in [0.1, 0.15) is 11.7 Å². The molecule has 1 aromatic rings. The Morgan fingerprint density at radius 1 is 1.24 bits per heavy atom. The van der Waals surface area contributed by atoms with Gasteiger partial charge in [-0.1, -0.05) is 12.1 Å². The largest absolute Gasteiger partial charge is 0.573 e. The van der Waals surface area contributed by atoms with E-state index in [1.165, 1.54) is 12.1 Å². The molecule has 0 aliphatic heterocycles. The van der Waals surface area contributed by atoms with Crippen molar-refractivity contribution in [2.24, 2.45) is 5.92 Å². The van der Waals surface area contributed by atoms with Crippen LogP contribution in [0.3, 0.4) is 0 Å². The zero-order valence-electron chi connectivity index (χ0n) is 8.53. The normalized spacial score (nSPS) is 10.7. The summed E-state index contributed by atoms with van der Waals surface area (Å²) in [7, 11) is 0. The minimum absolute atomic E-state index is 0.0715. The smallest absolute Gasteiger partial charge is 0.406 e. The van der Waals surface area contributed by atoms with E-state index in [0.29, 0.717) is 5.56 Å². The monoisotopic (exact) mass is 240 g/mol. The number of nitrogens with zero attached hydrogens (tertiary/aromatic N) is 2. The number of nitriles is 2. The Labute approximate surface area is 95.7 Å². The van der Waals surface area contributed by atoms with Crippen LogP contribution in [0.1, 0.15) is 5.56 Å². The van der Waals surface area contributed by atoms with Crippen LogP contribution in [0.2, 0.25) is 0 Å². The SMILES string of the molecule is N#CC(C#N)Cc1cccc(OC(F)(F)F)c1. The molecule has 1 aromatic carbocycles. The Bertz CT molecular complexity index is 457. The maximum absolute atomic E-state index is 11.9. The van der Waals surface area contributed by atoms with E-state index in [9.17, 15) is 13.2 Å². The summed E-state index contributed by atoms with van der Waals surface area (Å²) in [5.74, 6) is -1.24. The summed E-state index contributed by atoms with van der Waals surface area (Å²) >= 11 is 0. The van der Waals surface area contributed by atoms with Crippen molar-refractivity contribution in [3.63, 3.8) is 0 Å². The summed E-state index contributed by atoms with van der Waals surface area (Å²) in [5.41, 5.74) is 0.444. The summed E-state index contributed by atoms with van der Waals surface area (Å²) in [6.07, 6.45) is -4.68. The van der Waals surface area contributed by atoms with Gasteiger partial charge in [0, 0.05) is 6.42 Å². The molecule has 0 unspecified atom stereocenters. The molecule has 1 rings (SSSR count). The highest BCUT2D eigenvalue weighted by Gasteiger charge is 2.31. The quantitative estimate of drug-likeness (QED) is 0.816. The van der Waals surface area contributed by atoms with Gasteiger partial charge < -0.3 is 4.74 Å². The third kappa shape index (κ3) is 4.43. The van der Waals surface area contributed by atoms with Crippen molar-refractivity contribution in [3.05, 3.63) is 29.8 Å². The fourth-order valence-electron chi connectivity index (χ4n) is 1.23. The molecule has 6 heteroatoms. The minimum Gasteiger partial charge on any atom is -0.406 e. The summed E-state index contributed by atoms with van der Waals surface area (Å²) in [6, 6.07) is 8.72. The molecule has 0 fully saturated rings. The van der Waals surface area contributed by atoms with Crippen LogP contribution in [0.15, 0.2) is 24.3 Å². The van der Waals surface area contributed by atoms with Gasteiger partial charge in [0.2, 0.25) is 0 Å². The molecule has 0 amide bonds. The van der Waals surface area contributed by atoms with Crippen molar-refractivity contribution in [2.45, 2.75) is 12.8 Å². The van der Waals surface area contributed by atoms with Gasteiger partial charge in [-0.05, 0) is 17.7 Å². The topological polar surface area (TPSA) is 56.8 Å². The van der Waals surface area contributed by atoms with Crippen LogP contribution in [0.4, 0.5) is 13.2 Å². The van der Waals surface area contributed by atoms with Crippen LogP contribution in [-0.4, -0.2) is 6.36 Å². The van der Waals surface area contributed by atoms with Gasteiger partial charge in [-0.2, -0.15) is 10.5 Å². The van der Waals surface area contributed by atoms with Crippen molar-refractivity contribution in [1.29, 1.82) is 10.5 Å². The zero-order valence-corrected chi connectivity index (χ0v) is 8.53.